The Morgan fingerprint density at radius 3 is 2.90 bits per heavy atom. The van der Waals surface area contributed by atoms with E-state index in [4.69, 9.17) is 10.5 Å². The topological polar surface area (TPSA) is 77.2 Å². The normalized spacial score (nSPS) is 12.0. The second kappa shape index (κ2) is 6.69. The van der Waals surface area contributed by atoms with Crippen LogP contribution in [0.5, 0.6) is 5.75 Å². The van der Waals surface area contributed by atoms with Crippen molar-refractivity contribution < 1.29 is 9.53 Å². The summed E-state index contributed by atoms with van der Waals surface area (Å²) in [5.41, 5.74) is 7.97. The number of carbonyl (C=O) groups excluding carboxylic acids is 1. The van der Waals surface area contributed by atoms with E-state index in [1.165, 1.54) is 11.3 Å². The molecule has 1 unspecified atom stereocenters. The first kappa shape index (κ1) is 15.5. The molecule has 0 aliphatic rings. The highest BCUT2D eigenvalue weighted by atomic mass is 32.1. The van der Waals surface area contributed by atoms with E-state index in [9.17, 15) is 4.79 Å². The largest absolute Gasteiger partial charge is 0.496 e. The van der Waals surface area contributed by atoms with Crippen molar-refractivity contribution in [3.05, 3.63) is 45.4 Å². The van der Waals surface area contributed by atoms with E-state index in [-0.39, 0.29) is 11.9 Å². The lowest BCUT2D eigenvalue weighted by Crippen LogP contribution is -2.27. The van der Waals surface area contributed by atoms with Crippen LogP contribution in [0.3, 0.4) is 0 Å². The average Bonchev–Trinajstić information content (AvgIpc) is 2.96. The molecule has 6 heteroatoms. The summed E-state index contributed by atoms with van der Waals surface area (Å²) in [5.74, 6) is 0.552. The number of methoxy groups -OCH3 is 1. The third-order valence-electron chi connectivity index (χ3n) is 3.16. The lowest BCUT2D eigenvalue weighted by Gasteiger charge is -2.17. The van der Waals surface area contributed by atoms with Gasteiger partial charge in [-0.1, -0.05) is 17.7 Å². The predicted molar refractivity (Wildman–Crippen MR) is 83.6 cm³/mol. The Morgan fingerprint density at radius 2 is 2.29 bits per heavy atom. The van der Waals surface area contributed by atoms with Gasteiger partial charge in [-0.05, 0) is 19.9 Å². The van der Waals surface area contributed by atoms with Gasteiger partial charge in [0.05, 0.1) is 13.2 Å². The Balaban J connectivity index is 2.15. The molecule has 21 heavy (non-hydrogen) atoms. The summed E-state index contributed by atoms with van der Waals surface area (Å²) in [6, 6.07) is 5.72. The molecule has 112 valence electrons. The summed E-state index contributed by atoms with van der Waals surface area (Å²) >= 11 is 1.39. The number of thiazole rings is 1. The predicted octanol–water partition coefficient (Wildman–Crippen LogP) is 2.41. The van der Waals surface area contributed by atoms with Gasteiger partial charge < -0.3 is 15.8 Å². The number of rotatable bonds is 5. The summed E-state index contributed by atoms with van der Waals surface area (Å²) in [5, 5.41) is 5.41. The van der Waals surface area contributed by atoms with Crippen LogP contribution in [0.25, 0.3) is 0 Å². The van der Waals surface area contributed by atoms with Crippen molar-refractivity contribution in [1.29, 1.82) is 0 Å². The van der Waals surface area contributed by atoms with Gasteiger partial charge in [-0.2, -0.15) is 0 Å². The van der Waals surface area contributed by atoms with Gasteiger partial charge >= 0.3 is 0 Å². The van der Waals surface area contributed by atoms with Gasteiger partial charge in [0, 0.05) is 17.5 Å². The molecule has 0 spiro atoms. The van der Waals surface area contributed by atoms with Crippen LogP contribution in [0, 0.1) is 6.92 Å². The number of amides is 1. The molecule has 0 bridgehead atoms. The van der Waals surface area contributed by atoms with Crippen molar-refractivity contribution in [3.8, 4) is 5.75 Å². The monoisotopic (exact) mass is 305 g/mol. The molecule has 0 radical (unpaired) electrons. The van der Waals surface area contributed by atoms with E-state index in [2.05, 4.69) is 10.3 Å². The van der Waals surface area contributed by atoms with Gasteiger partial charge in [0.2, 0.25) is 0 Å². The van der Waals surface area contributed by atoms with Crippen LogP contribution in [-0.2, 0) is 6.54 Å². The zero-order valence-electron chi connectivity index (χ0n) is 12.3. The standard InChI is InChI=1S/C15H19N3O2S/c1-9-4-5-13(20-3)11(6-9)10(2)17-15(19)12-8-21-14(7-16)18-12/h4-6,8,10H,7,16H2,1-3H3,(H,17,19). The second-order valence-electron chi connectivity index (χ2n) is 4.77. The van der Waals surface area contributed by atoms with Gasteiger partial charge in [-0.3, -0.25) is 4.79 Å². The minimum absolute atomic E-state index is 0.171. The summed E-state index contributed by atoms with van der Waals surface area (Å²) in [6.07, 6.45) is 0. The van der Waals surface area contributed by atoms with Crippen LogP contribution in [-0.4, -0.2) is 18.0 Å². The Kier molecular flexibility index (Phi) is 4.93. The van der Waals surface area contributed by atoms with Crippen molar-refractivity contribution in [2.24, 2.45) is 5.73 Å². The quantitative estimate of drug-likeness (QED) is 0.889. The maximum Gasteiger partial charge on any atom is 0.271 e. The molecule has 2 aromatic rings. The first-order valence-corrected chi connectivity index (χ1v) is 7.53. The van der Waals surface area contributed by atoms with Crippen molar-refractivity contribution in [2.45, 2.75) is 26.4 Å². The van der Waals surface area contributed by atoms with Crippen molar-refractivity contribution in [2.75, 3.05) is 7.11 Å². The molecule has 1 atom stereocenters. The van der Waals surface area contributed by atoms with Crippen molar-refractivity contribution >= 4 is 17.2 Å². The minimum atomic E-state index is -0.206. The van der Waals surface area contributed by atoms with Crippen LogP contribution >= 0.6 is 11.3 Å². The molecule has 1 heterocycles. The summed E-state index contributed by atoms with van der Waals surface area (Å²) < 4.78 is 5.35. The highest BCUT2D eigenvalue weighted by molar-refractivity contribution is 7.09. The number of aromatic nitrogens is 1. The second-order valence-corrected chi connectivity index (χ2v) is 5.71. The molecule has 1 amide bonds. The van der Waals surface area contributed by atoms with E-state index in [0.29, 0.717) is 12.2 Å². The first-order valence-electron chi connectivity index (χ1n) is 6.65. The zero-order valence-corrected chi connectivity index (χ0v) is 13.2. The van der Waals surface area contributed by atoms with Gasteiger partial charge in [0.15, 0.2) is 0 Å². The molecule has 1 aromatic heterocycles. The Bertz CT molecular complexity index is 640. The Morgan fingerprint density at radius 1 is 1.52 bits per heavy atom. The number of carbonyl (C=O) groups is 1. The third-order valence-corrected chi connectivity index (χ3v) is 4.03. The average molecular weight is 305 g/mol. The molecule has 5 nitrogen and oxygen atoms in total. The van der Waals surface area contributed by atoms with Crippen LogP contribution in [0.2, 0.25) is 0 Å². The highest BCUT2D eigenvalue weighted by Crippen LogP contribution is 2.26. The van der Waals surface area contributed by atoms with Gasteiger partial charge in [0.1, 0.15) is 16.5 Å². The van der Waals surface area contributed by atoms with Gasteiger partial charge in [-0.15, -0.1) is 11.3 Å². The van der Waals surface area contributed by atoms with Crippen LogP contribution in [0.1, 0.15) is 39.6 Å². The molecule has 3 N–H and O–H groups in total. The molecule has 0 aliphatic heterocycles. The van der Waals surface area contributed by atoms with E-state index in [1.54, 1.807) is 12.5 Å². The SMILES string of the molecule is COc1ccc(C)cc1C(C)NC(=O)c1csc(CN)n1. The van der Waals surface area contributed by atoms with Gasteiger partial charge in [0.25, 0.3) is 5.91 Å². The highest BCUT2D eigenvalue weighted by Gasteiger charge is 2.17. The fourth-order valence-corrected chi connectivity index (χ4v) is 2.70. The number of nitrogens with two attached hydrogens (primary N) is 1. The van der Waals surface area contributed by atoms with E-state index < -0.39 is 0 Å². The van der Waals surface area contributed by atoms with Crippen LogP contribution in [0.4, 0.5) is 0 Å². The number of nitrogens with zero attached hydrogens (tertiary/aromatic N) is 1. The third kappa shape index (κ3) is 3.59. The van der Waals surface area contributed by atoms with E-state index in [1.807, 2.05) is 32.0 Å². The smallest absolute Gasteiger partial charge is 0.271 e. The number of nitrogens with one attached hydrogen (secondary N) is 1. The molecular weight excluding hydrogens is 286 g/mol. The van der Waals surface area contributed by atoms with Crippen LogP contribution in [0.15, 0.2) is 23.6 Å². The number of aryl methyl sites for hydroxylation is 1. The fraction of sp³-hybridized carbons (Fsp3) is 0.333. The Hall–Kier alpha value is -1.92. The fourth-order valence-electron chi connectivity index (χ4n) is 2.05. The van der Waals surface area contributed by atoms with Crippen LogP contribution < -0.4 is 15.8 Å². The number of ether oxygens (including phenoxy) is 1. The lowest BCUT2D eigenvalue weighted by atomic mass is 10.0. The van der Waals surface area contributed by atoms with Crippen molar-refractivity contribution in [3.63, 3.8) is 0 Å². The number of hydrogen-bond acceptors (Lipinski definition) is 5. The lowest BCUT2D eigenvalue weighted by molar-refractivity contribution is 0.0935. The maximum atomic E-state index is 12.2. The molecule has 0 fully saturated rings. The van der Waals surface area contributed by atoms with E-state index >= 15 is 0 Å². The Labute approximate surface area is 128 Å². The molecule has 0 saturated carbocycles. The summed E-state index contributed by atoms with van der Waals surface area (Å²) in [6.45, 7) is 4.27. The number of benzene rings is 1. The molecule has 0 aliphatic carbocycles. The molecule has 2 rings (SSSR count). The van der Waals surface area contributed by atoms with Gasteiger partial charge in [-0.25, -0.2) is 4.98 Å². The molecule has 0 saturated heterocycles. The number of hydrogen-bond donors (Lipinski definition) is 2. The minimum Gasteiger partial charge on any atom is -0.496 e. The van der Waals surface area contributed by atoms with Crippen molar-refractivity contribution in [1.82, 2.24) is 10.3 Å². The first-order chi connectivity index (χ1) is 10.0. The summed E-state index contributed by atoms with van der Waals surface area (Å²) in [4.78, 5) is 16.4. The maximum absolute atomic E-state index is 12.2. The molecule has 1 aromatic carbocycles. The van der Waals surface area contributed by atoms with E-state index in [0.717, 1.165) is 21.9 Å². The zero-order chi connectivity index (χ0) is 15.4. The molecular formula is C15H19N3O2S. The summed E-state index contributed by atoms with van der Waals surface area (Å²) in [7, 11) is 1.62.